The minimum atomic E-state index is -0.330. The molecule has 5 heteroatoms. The minimum absolute atomic E-state index is 0.0127. The third-order valence-corrected chi connectivity index (χ3v) is 4.49. The number of para-hydroxylation sites is 1. The Labute approximate surface area is 147 Å². The van der Waals surface area contributed by atoms with Crippen LogP contribution in [0.25, 0.3) is 0 Å². The third-order valence-electron chi connectivity index (χ3n) is 4.49. The Morgan fingerprint density at radius 2 is 1.92 bits per heavy atom. The van der Waals surface area contributed by atoms with Crippen molar-refractivity contribution in [2.75, 3.05) is 18.6 Å². The highest BCUT2D eigenvalue weighted by Gasteiger charge is 2.34. The van der Waals surface area contributed by atoms with Crippen LogP contribution in [0.4, 0.5) is 5.69 Å². The van der Waals surface area contributed by atoms with E-state index >= 15 is 0 Å². The highest BCUT2D eigenvalue weighted by atomic mass is 16.5. The van der Waals surface area contributed by atoms with Crippen molar-refractivity contribution in [3.8, 4) is 5.75 Å². The molecule has 1 fully saturated rings. The van der Waals surface area contributed by atoms with Gasteiger partial charge in [0.05, 0.1) is 13.0 Å². The van der Waals surface area contributed by atoms with Gasteiger partial charge in [0.1, 0.15) is 5.75 Å². The maximum atomic E-state index is 12.5. The number of nitrogens with zero attached hydrogens (tertiary/aromatic N) is 1. The standard InChI is InChI=1S/C20H22N2O3/c1-14-7-9-17(10-8-14)22-13-16(11-19(22)23)20(24)21-12-15-5-3-4-6-18(15)25-2/h3-10,16H,11-13H2,1-2H3,(H,21,24)/t16-/m1/s1. The Morgan fingerprint density at radius 3 is 2.64 bits per heavy atom. The number of carbonyl (C=O) groups excluding carboxylic acids is 2. The third kappa shape index (κ3) is 3.82. The highest BCUT2D eigenvalue weighted by Crippen LogP contribution is 2.25. The van der Waals surface area contributed by atoms with Gasteiger partial charge in [0.2, 0.25) is 11.8 Å². The van der Waals surface area contributed by atoms with Crippen LogP contribution < -0.4 is 15.0 Å². The van der Waals surface area contributed by atoms with Gasteiger partial charge in [-0.15, -0.1) is 0 Å². The molecule has 0 spiro atoms. The second-order valence-electron chi connectivity index (χ2n) is 6.27. The number of amides is 2. The first-order chi connectivity index (χ1) is 12.1. The van der Waals surface area contributed by atoms with Crippen LogP contribution in [0.1, 0.15) is 17.5 Å². The molecule has 2 amide bonds. The molecule has 0 bridgehead atoms. The molecule has 1 aliphatic rings. The number of benzene rings is 2. The predicted octanol–water partition coefficient (Wildman–Crippen LogP) is 2.67. The first-order valence-corrected chi connectivity index (χ1v) is 8.35. The fourth-order valence-electron chi connectivity index (χ4n) is 3.03. The number of ether oxygens (including phenoxy) is 1. The molecule has 1 atom stereocenters. The van der Waals surface area contributed by atoms with E-state index in [9.17, 15) is 9.59 Å². The van der Waals surface area contributed by atoms with Gasteiger partial charge in [-0.25, -0.2) is 0 Å². The zero-order chi connectivity index (χ0) is 17.8. The molecule has 0 radical (unpaired) electrons. The Bertz CT molecular complexity index is 771. The maximum absolute atomic E-state index is 12.5. The molecule has 2 aromatic rings. The lowest BCUT2D eigenvalue weighted by Gasteiger charge is -2.17. The van der Waals surface area contributed by atoms with Gasteiger partial charge in [-0.1, -0.05) is 35.9 Å². The summed E-state index contributed by atoms with van der Waals surface area (Å²) in [4.78, 5) is 26.4. The molecule has 5 nitrogen and oxygen atoms in total. The van der Waals surface area contributed by atoms with Crippen molar-refractivity contribution in [3.05, 3.63) is 59.7 Å². The average molecular weight is 338 g/mol. The van der Waals surface area contributed by atoms with E-state index in [-0.39, 0.29) is 24.2 Å². The lowest BCUT2D eigenvalue weighted by atomic mass is 10.1. The molecule has 130 valence electrons. The molecular weight excluding hydrogens is 316 g/mol. The quantitative estimate of drug-likeness (QED) is 0.912. The van der Waals surface area contributed by atoms with E-state index in [0.717, 1.165) is 22.6 Å². The van der Waals surface area contributed by atoms with E-state index in [2.05, 4.69) is 5.32 Å². The summed E-state index contributed by atoms with van der Waals surface area (Å²) in [7, 11) is 1.61. The lowest BCUT2D eigenvalue weighted by Crippen LogP contribution is -2.32. The molecule has 2 aromatic carbocycles. The average Bonchev–Trinajstić information content (AvgIpc) is 3.02. The zero-order valence-electron chi connectivity index (χ0n) is 14.5. The highest BCUT2D eigenvalue weighted by molar-refractivity contribution is 6.00. The summed E-state index contributed by atoms with van der Waals surface area (Å²) in [5.41, 5.74) is 2.90. The van der Waals surface area contributed by atoms with Gasteiger partial charge in [-0.2, -0.15) is 0 Å². The van der Waals surface area contributed by atoms with Crippen LogP contribution >= 0.6 is 0 Å². The predicted molar refractivity (Wildman–Crippen MR) is 96.5 cm³/mol. The van der Waals surface area contributed by atoms with Gasteiger partial charge in [0, 0.05) is 30.8 Å². The summed E-state index contributed by atoms with van der Waals surface area (Å²) in [6.45, 7) is 2.81. The van der Waals surface area contributed by atoms with Crippen molar-refractivity contribution in [1.29, 1.82) is 0 Å². The fourth-order valence-corrected chi connectivity index (χ4v) is 3.03. The molecule has 0 unspecified atom stereocenters. The van der Waals surface area contributed by atoms with Crippen LogP contribution in [-0.2, 0) is 16.1 Å². The van der Waals surface area contributed by atoms with Gasteiger partial charge in [0.25, 0.3) is 0 Å². The van der Waals surface area contributed by atoms with E-state index in [1.165, 1.54) is 0 Å². The molecule has 25 heavy (non-hydrogen) atoms. The summed E-state index contributed by atoms with van der Waals surface area (Å²) >= 11 is 0. The summed E-state index contributed by atoms with van der Waals surface area (Å²) in [5.74, 6) is 0.297. The zero-order valence-corrected chi connectivity index (χ0v) is 14.5. The minimum Gasteiger partial charge on any atom is -0.496 e. The van der Waals surface area contributed by atoms with E-state index in [1.54, 1.807) is 12.0 Å². The SMILES string of the molecule is COc1ccccc1CNC(=O)[C@@H]1CC(=O)N(c2ccc(C)cc2)C1. The van der Waals surface area contributed by atoms with Gasteiger partial charge >= 0.3 is 0 Å². The van der Waals surface area contributed by atoms with E-state index in [4.69, 9.17) is 4.74 Å². The van der Waals surface area contributed by atoms with Gasteiger partial charge in [0.15, 0.2) is 0 Å². The largest absolute Gasteiger partial charge is 0.496 e. The van der Waals surface area contributed by atoms with Crippen LogP contribution in [0.5, 0.6) is 5.75 Å². The molecule has 0 saturated carbocycles. The number of anilines is 1. The van der Waals surface area contributed by atoms with Crippen LogP contribution in [0, 0.1) is 12.8 Å². The normalized spacial score (nSPS) is 16.8. The smallest absolute Gasteiger partial charge is 0.227 e. The van der Waals surface area contributed by atoms with E-state index in [1.807, 2.05) is 55.5 Å². The van der Waals surface area contributed by atoms with Gasteiger partial charge in [-0.05, 0) is 25.1 Å². The Balaban J connectivity index is 1.62. The van der Waals surface area contributed by atoms with Crippen molar-refractivity contribution in [1.82, 2.24) is 5.32 Å². The number of aryl methyl sites for hydroxylation is 1. The molecule has 1 aliphatic heterocycles. The molecule has 1 N–H and O–H groups in total. The second kappa shape index (κ2) is 7.38. The summed E-state index contributed by atoms with van der Waals surface area (Å²) in [6.07, 6.45) is 0.242. The van der Waals surface area contributed by atoms with E-state index in [0.29, 0.717) is 13.1 Å². The topological polar surface area (TPSA) is 58.6 Å². The number of carbonyl (C=O) groups is 2. The van der Waals surface area contributed by atoms with Crippen LogP contribution in [0.2, 0.25) is 0 Å². The van der Waals surface area contributed by atoms with Crippen LogP contribution in [-0.4, -0.2) is 25.5 Å². The molecular formula is C20H22N2O3. The second-order valence-corrected chi connectivity index (χ2v) is 6.27. The van der Waals surface area contributed by atoms with Crippen molar-refractivity contribution in [2.24, 2.45) is 5.92 Å². The first-order valence-electron chi connectivity index (χ1n) is 8.35. The number of rotatable bonds is 5. The van der Waals surface area contributed by atoms with Crippen molar-refractivity contribution < 1.29 is 14.3 Å². The Hall–Kier alpha value is -2.82. The molecule has 0 aromatic heterocycles. The summed E-state index contributed by atoms with van der Waals surface area (Å²) in [6, 6.07) is 15.3. The molecule has 0 aliphatic carbocycles. The fraction of sp³-hybridized carbons (Fsp3) is 0.300. The number of nitrogens with one attached hydrogen (secondary N) is 1. The van der Waals surface area contributed by atoms with Crippen LogP contribution in [0.3, 0.4) is 0 Å². The lowest BCUT2D eigenvalue weighted by molar-refractivity contribution is -0.126. The van der Waals surface area contributed by atoms with Crippen molar-refractivity contribution in [3.63, 3.8) is 0 Å². The van der Waals surface area contributed by atoms with Crippen molar-refractivity contribution in [2.45, 2.75) is 19.9 Å². The first kappa shape index (κ1) is 17.0. The van der Waals surface area contributed by atoms with Gasteiger partial charge in [-0.3, -0.25) is 9.59 Å². The monoisotopic (exact) mass is 338 g/mol. The molecule has 3 rings (SSSR count). The number of hydrogen-bond donors (Lipinski definition) is 1. The Morgan fingerprint density at radius 1 is 1.20 bits per heavy atom. The Kier molecular flexibility index (Phi) is 5.03. The molecule has 1 saturated heterocycles. The maximum Gasteiger partial charge on any atom is 0.227 e. The van der Waals surface area contributed by atoms with Crippen LogP contribution in [0.15, 0.2) is 48.5 Å². The number of methoxy groups -OCH3 is 1. The summed E-state index contributed by atoms with van der Waals surface area (Å²) in [5, 5.41) is 2.92. The van der Waals surface area contributed by atoms with E-state index < -0.39 is 0 Å². The molecule has 1 heterocycles. The van der Waals surface area contributed by atoms with Gasteiger partial charge < -0.3 is 15.0 Å². The summed E-state index contributed by atoms with van der Waals surface area (Å²) < 4.78 is 5.29. The van der Waals surface area contributed by atoms with Crippen molar-refractivity contribution >= 4 is 17.5 Å². The number of hydrogen-bond acceptors (Lipinski definition) is 3.